The van der Waals surface area contributed by atoms with Crippen molar-refractivity contribution < 1.29 is 13.2 Å². The molecule has 1 unspecified atom stereocenters. The zero-order valence-corrected chi connectivity index (χ0v) is 11.2. The van der Waals surface area contributed by atoms with Gasteiger partial charge >= 0.3 is 0 Å². The van der Waals surface area contributed by atoms with Crippen LogP contribution in [-0.2, 0) is 14.9 Å². The quantitative estimate of drug-likeness (QED) is 0.621. The minimum atomic E-state index is -3.34. The van der Waals surface area contributed by atoms with E-state index in [0.717, 1.165) is 26.1 Å². The Morgan fingerprint density at radius 2 is 2.29 bits per heavy atom. The van der Waals surface area contributed by atoms with E-state index in [0.29, 0.717) is 32.0 Å². The highest BCUT2D eigenvalue weighted by molar-refractivity contribution is 7.87. The van der Waals surface area contributed by atoms with Crippen molar-refractivity contribution in [3.05, 3.63) is 0 Å². The summed E-state index contributed by atoms with van der Waals surface area (Å²) in [6, 6.07) is 0. The van der Waals surface area contributed by atoms with Gasteiger partial charge in [-0.2, -0.15) is 12.7 Å². The fraction of sp³-hybridized carbons (Fsp3) is 1.00. The minimum absolute atomic E-state index is 0.457. The Hall–Kier alpha value is -0.210. The first kappa shape index (κ1) is 14.8. The van der Waals surface area contributed by atoms with Crippen LogP contribution in [0.5, 0.6) is 0 Å². The van der Waals surface area contributed by atoms with Crippen LogP contribution in [0.4, 0.5) is 0 Å². The highest BCUT2D eigenvalue weighted by atomic mass is 32.2. The number of hydrogen-bond acceptors (Lipinski definition) is 4. The van der Waals surface area contributed by atoms with Crippen LogP contribution < -0.4 is 10.5 Å². The summed E-state index contributed by atoms with van der Waals surface area (Å²) >= 11 is 0. The van der Waals surface area contributed by atoms with Crippen molar-refractivity contribution >= 4 is 10.2 Å². The van der Waals surface area contributed by atoms with Crippen molar-refractivity contribution in [1.82, 2.24) is 9.03 Å². The van der Waals surface area contributed by atoms with Crippen LogP contribution in [0.3, 0.4) is 0 Å². The summed E-state index contributed by atoms with van der Waals surface area (Å²) in [5.41, 5.74) is 5.35. The maximum Gasteiger partial charge on any atom is 0.279 e. The number of hydrogen-bond donors (Lipinski definition) is 2. The van der Waals surface area contributed by atoms with E-state index >= 15 is 0 Å². The van der Waals surface area contributed by atoms with E-state index in [4.69, 9.17) is 10.5 Å². The third-order valence-corrected chi connectivity index (χ3v) is 4.52. The van der Waals surface area contributed by atoms with Crippen LogP contribution in [0.25, 0.3) is 0 Å². The first-order valence-electron chi connectivity index (χ1n) is 6.05. The van der Waals surface area contributed by atoms with E-state index < -0.39 is 10.2 Å². The van der Waals surface area contributed by atoms with E-state index in [9.17, 15) is 8.42 Å². The lowest BCUT2D eigenvalue weighted by molar-refractivity contribution is 0.184. The summed E-state index contributed by atoms with van der Waals surface area (Å²) in [5, 5.41) is 0. The summed E-state index contributed by atoms with van der Waals surface area (Å²) in [6.45, 7) is 2.99. The summed E-state index contributed by atoms with van der Waals surface area (Å²) in [5.74, 6) is 0.493. The fourth-order valence-corrected chi connectivity index (χ4v) is 2.71. The maximum absolute atomic E-state index is 11.8. The van der Waals surface area contributed by atoms with Gasteiger partial charge < -0.3 is 10.5 Å². The summed E-state index contributed by atoms with van der Waals surface area (Å²) in [4.78, 5) is 0. The molecule has 0 radical (unpaired) electrons. The van der Waals surface area contributed by atoms with Crippen molar-refractivity contribution in [2.45, 2.75) is 19.3 Å². The van der Waals surface area contributed by atoms with Crippen LogP contribution in [0, 0.1) is 5.92 Å². The Morgan fingerprint density at radius 1 is 1.53 bits per heavy atom. The monoisotopic (exact) mass is 265 g/mol. The van der Waals surface area contributed by atoms with Gasteiger partial charge in [0.1, 0.15) is 0 Å². The van der Waals surface area contributed by atoms with Crippen molar-refractivity contribution in [2.75, 3.05) is 39.9 Å². The summed E-state index contributed by atoms with van der Waals surface area (Å²) in [7, 11) is -1.77. The Labute approximate surface area is 104 Å². The van der Waals surface area contributed by atoms with Gasteiger partial charge in [0.2, 0.25) is 0 Å². The molecule has 0 amide bonds. The van der Waals surface area contributed by atoms with Crippen molar-refractivity contribution in [3.63, 3.8) is 0 Å². The van der Waals surface area contributed by atoms with Gasteiger partial charge in [0.05, 0.1) is 0 Å². The third-order valence-electron chi connectivity index (χ3n) is 2.95. The van der Waals surface area contributed by atoms with Crippen LogP contribution in [0.2, 0.25) is 0 Å². The second-order valence-electron chi connectivity index (χ2n) is 4.38. The molecular weight excluding hydrogens is 242 g/mol. The SMILES string of the molecule is CN(CCCN)S(=O)(=O)NCCC1CCOC1. The molecule has 6 nitrogen and oxygen atoms in total. The van der Waals surface area contributed by atoms with Crippen molar-refractivity contribution in [3.8, 4) is 0 Å². The van der Waals surface area contributed by atoms with Gasteiger partial charge in [0.15, 0.2) is 0 Å². The number of ether oxygens (including phenoxy) is 1. The second kappa shape index (κ2) is 7.27. The zero-order valence-electron chi connectivity index (χ0n) is 10.4. The lowest BCUT2D eigenvalue weighted by Gasteiger charge is -2.17. The van der Waals surface area contributed by atoms with E-state index in [1.165, 1.54) is 4.31 Å². The molecule has 7 heteroatoms. The number of nitrogens with two attached hydrogens (primary N) is 1. The molecule has 1 saturated heterocycles. The standard InChI is InChI=1S/C10H23N3O3S/c1-13(7-2-5-11)17(14,15)12-6-3-10-4-8-16-9-10/h10,12H,2-9,11H2,1H3. The smallest absolute Gasteiger partial charge is 0.279 e. The Bertz CT molecular complexity index is 302. The molecule has 1 heterocycles. The largest absolute Gasteiger partial charge is 0.381 e. The van der Waals surface area contributed by atoms with Gasteiger partial charge in [-0.05, 0) is 31.7 Å². The van der Waals surface area contributed by atoms with E-state index in [-0.39, 0.29) is 0 Å². The Kier molecular flexibility index (Phi) is 6.35. The first-order valence-corrected chi connectivity index (χ1v) is 7.49. The molecule has 0 aromatic carbocycles. The van der Waals surface area contributed by atoms with Gasteiger partial charge in [-0.15, -0.1) is 0 Å². The highest BCUT2D eigenvalue weighted by Gasteiger charge is 2.19. The summed E-state index contributed by atoms with van der Waals surface area (Å²) in [6.07, 6.45) is 2.54. The molecule has 102 valence electrons. The van der Waals surface area contributed by atoms with Gasteiger partial charge in [-0.3, -0.25) is 0 Å². The molecule has 0 aromatic rings. The molecule has 1 fully saturated rings. The maximum atomic E-state index is 11.8. The van der Waals surface area contributed by atoms with Gasteiger partial charge in [0, 0.05) is 33.4 Å². The average molecular weight is 265 g/mol. The van der Waals surface area contributed by atoms with Crippen molar-refractivity contribution in [2.24, 2.45) is 11.7 Å². The molecule has 17 heavy (non-hydrogen) atoms. The first-order chi connectivity index (χ1) is 8.06. The number of nitrogens with one attached hydrogen (secondary N) is 1. The Balaban J connectivity index is 2.23. The van der Waals surface area contributed by atoms with Gasteiger partial charge in [-0.25, -0.2) is 4.72 Å². The Morgan fingerprint density at radius 3 is 2.88 bits per heavy atom. The predicted molar refractivity (Wildman–Crippen MR) is 66.8 cm³/mol. The molecule has 1 rings (SSSR count). The van der Waals surface area contributed by atoms with Crippen molar-refractivity contribution in [1.29, 1.82) is 0 Å². The molecule has 0 aromatic heterocycles. The molecular formula is C10H23N3O3S. The summed E-state index contributed by atoms with van der Waals surface area (Å²) < 4.78 is 32.7. The normalized spacial score (nSPS) is 21.2. The molecule has 0 saturated carbocycles. The minimum Gasteiger partial charge on any atom is -0.381 e. The molecule has 1 aliphatic rings. The van der Waals surface area contributed by atoms with Crippen LogP contribution in [0.15, 0.2) is 0 Å². The van der Waals surface area contributed by atoms with E-state index in [1.807, 2.05) is 0 Å². The number of nitrogens with zero attached hydrogens (tertiary/aromatic N) is 1. The van der Waals surface area contributed by atoms with Crippen LogP contribution in [0.1, 0.15) is 19.3 Å². The zero-order chi connectivity index (χ0) is 12.7. The fourth-order valence-electron chi connectivity index (χ4n) is 1.75. The molecule has 1 aliphatic heterocycles. The second-order valence-corrected chi connectivity index (χ2v) is 6.24. The average Bonchev–Trinajstić information content (AvgIpc) is 2.78. The number of rotatable bonds is 8. The molecule has 0 spiro atoms. The molecule has 1 atom stereocenters. The predicted octanol–water partition coefficient (Wildman–Crippen LogP) is -0.472. The lowest BCUT2D eigenvalue weighted by Crippen LogP contribution is -2.40. The molecule has 0 bridgehead atoms. The lowest BCUT2D eigenvalue weighted by atomic mass is 10.1. The third kappa shape index (κ3) is 5.31. The molecule has 3 N–H and O–H groups in total. The molecule has 0 aliphatic carbocycles. The van der Waals surface area contributed by atoms with Crippen LogP contribution >= 0.6 is 0 Å². The highest BCUT2D eigenvalue weighted by Crippen LogP contribution is 2.15. The van der Waals surface area contributed by atoms with Gasteiger partial charge in [-0.1, -0.05) is 0 Å². The van der Waals surface area contributed by atoms with Crippen LogP contribution in [-0.4, -0.2) is 52.6 Å². The van der Waals surface area contributed by atoms with E-state index in [1.54, 1.807) is 7.05 Å². The van der Waals surface area contributed by atoms with Gasteiger partial charge in [0.25, 0.3) is 10.2 Å². The van der Waals surface area contributed by atoms with E-state index in [2.05, 4.69) is 4.72 Å². The topological polar surface area (TPSA) is 84.7 Å².